The van der Waals surface area contributed by atoms with Crippen LogP contribution in [-0.2, 0) is 6.42 Å². The predicted octanol–water partition coefficient (Wildman–Crippen LogP) is 2.84. The molecule has 0 atom stereocenters. The molecule has 0 aliphatic carbocycles. The molecule has 2 aromatic rings. The van der Waals surface area contributed by atoms with Gasteiger partial charge in [0.25, 0.3) is 0 Å². The van der Waals surface area contributed by atoms with Crippen LogP contribution in [-0.4, -0.2) is 21.5 Å². The summed E-state index contributed by atoms with van der Waals surface area (Å²) < 4.78 is 0. The fraction of sp³-hybridized carbons (Fsp3) is 0.357. The second kappa shape index (κ2) is 5.58. The van der Waals surface area contributed by atoms with Gasteiger partial charge in [-0.2, -0.15) is 0 Å². The van der Waals surface area contributed by atoms with Gasteiger partial charge >= 0.3 is 0 Å². The van der Waals surface area contributed by atoms with Crippen LogP contribution in [0.3, 0.4) is 0 Å². The number of hydrogen-bond acceptors (Lipinski definition) is 4. The van der Waals surface area contributed by atoms with E-state index in [1.165, 1.54) is 0 Å². The Morgan fingerprint density at radius 2 is 2.06 bits per heavy atom. The Balaban J connectivity index is 2.50. The molecule has 0 saturated carbocycles. The molecule has 0 saturated heterocycles. The number of anilines is 1. The van der Waals surface area contributed by atoms with Crippen molar-refractivity contribution in [2.45, 2.75) is 27.2 Å². The minimum atomic E-state index is 0.698. The van der Waals surface area contributed by atoms with E-state index in [0.29, 0.717) is 5.82 Å². The van der Waals surface area contributed by atoms with Crippen molar-refractivity contribution in [1.82, 2.24) is 15.0 Å². The molecular formula is C14H18N4. The summed E-state index contributed by atoms with van der Waals surface area (Å²) in [5.74, 6) is 1.56. The van der Waals surface area contributed by atoms with E-state index >= 15 is 0 Å². The van der Waals surface area contributed by atoms with Gasteiger partial charge in [0.15, 0.2) is 5.82 Å². The van der Waals surface area contributed by atoms with Crippen molar-refractivity contribution in [2.24, 2.45) is 0 Å². The molecule has 2 aromatic heterocycles. The fourth-order valence-corrected chi connectivity index (χ4v) is 1.78. The zero-order chi connectivity index (χ0) is 13.0. The lowest BCUT2D eigenvalue weighted by atomic mass is 10.2. The summed E-state index contributed by atoms with van der Waals surface area (Å²) in [5.41, 5.74) is 2.97. The number of pyridine rings is 1. The van der Waals surface area contributed by atoms with E-state index < -0.39 is 0 Å². The van der Waals surface area contributed by atoms with Gasteiger partial charge in [0.1, 0.15) is 11.5 Å². The molecule has 0 aliphatic rings. The van der Waals surface area contributed by atoms with Crippen molar-refractivity contribution in [2.75, 3.05) is 11.9 Å². The van der Waals surface area contributed by atoms with E-state index in [1.807, 2.05) is 25.1 Å². The molecule has 0 bridgehead atoms. The van der Waals surface area contributed by atoms with Gasteiger partial charge in [-0.15, -0.1) is 0 Å². The number of aryl methyl sites for hydroxylation is 2. The van der Waals surface area contributed by atoms with E-state index in [2.05, 4.69) is 34.1 Å². The maximum Gasteiger partial charge on any atom is 0.180 e. The fourth-order valence-electron chi connectivity index (χ4n) is 1.78. The molecule has 2 heterocycles. The van der Waals surface area contributed by atoms with E-state index in [9.17, 15) is 0 Å². The summed E-state index contributed by atoms with van der Waals surface area (Å²) in [5, 5.41) is 3.23. The van der Waals surface area contributed by atoms with E-state index in [4.69, 9.17) is 0 Å². The topological polar surface area (TPSA) is 50.7 Å². The predicted molar refractivity (Wildman–Crippen MR) is 73.5 cm³/mol. The van der Waals surface area contributed by atoms with Crippen LogP contribution in [0.1, 0.15) is 25.1 Å². The Labute approximate surface area is 108 Å². The highest BCUT2D eigenvalue weighted by Crippen LogP contribution is 2.19. The highest BCUT2D eigenvalue weighted by atomic mass is 15.0. The molecule has 4 nitrogen and oxygen atoms in total. The molecule has 0 aromatic carbocycles. The smallest absolute Gasteiger partial charge is 0.180 e. The number of aromatic nitrogens is 3. The lowest BCUT2D eigenvalue weighted by Crippen LogP contribution is -2.04. The van der Waals surface area contributed by atoms with Gasteiger partial charge in [-0.3, -0.25) is 4.98 Å². The molecular weight excluding hydrogens is 224 g/mol. The van der Waals surface area contributed by atoms with E-state index in [0.717, 1.165) is 35.7 Å². The summed E-state index contributed by atoms with van der Waals surface area (Å²) in [6.07, 6.45) is 2.66. The zero-order valence-corrected chi connectivity index (χ0v) is 11.1. The molecule has 0 spiro atoms. The first-order valence-electron chi connectivity index (χ1n) is 6.28. The van der Waals surface area contributed by atoms with Crippen molar-refractivity contribution in [1.29, 1.82) is 0 Å². The van der Waals surface area contributed by atoms with Crippen molar-refractivity contribution in [3.8, 4) is 11.5 Å². The van der Waals surface area contributed by atoms with Crippen molar-refractivity contribution in [3.05, 3.63) is 35.7 Å². The van der Waals surface area contributed by atoms with Crippen molar-refractivity contribution in [3.63, 3.8) is 0 Å². The molecule has 0 radical (unpaired) electrons. The van der Waals surface area contributed by atoms with Gasteiger partial charge in [0.2, 0.25) is 0 Å². The Morgan fingerprint density at radius 3 is 2.72 bits per heavy atom. The summed E-state index contributed by atoms with van der Waals surface area (Å²) in [7, 11) is 0. The Bertz CT molecular complexity index is 537. The molecule has 18 heavy (non-hydrogen) atoms. The molecule has 0 amide bonds. The number of nitrogens with zero attached hydrogens (tertiary/aromatic N) is 3. The number of rotatable bonds is 4. The summed E-state index contributed by atoms with van der Waals surface area (Å²) in [6, 6.07) is 5.94. The SMILES string of the molecule is CCNc1cc(CC)nc(-c2ncccc2C)n1. The van der Waals surface area contributed by atoms with Gasteiger partial charge in [0, 0.05) is 24.5 Å². The largest absolute Gasteiger partial charge is 0.370 e. The second-order valence-corrected chi connectivity index (χ2v) is 4.12. The number of nitrogens with one attached hydrogen (secondary N) is 1. The molecule has 0 unspecified atom stereocenters. The molecule has 0 fully saturated rings. The van der Waals surface area contributed by atoms with Crippen LogP contribution < -0.4 is 5.32 Å². The zero-order valence-electron chi connectivity index (χ0n) is 11.1. The van der Waals surface area contributed by atoms with Crippen LogP contribution in [0.2, 0.25) is 0 Å². The standard InChI is InChI=1S/C14H18N4/c1-4-11-9-12(15-5-2)18-14(17-11)13-10(3)7-6-8-16-13/h6-9H,4-5H2,1-3H3,(H,15,17,18). The van der Waals surface area contributed by atoms with Crippen molar-refractivity contribution < 1.29 is 0 Å². The van der Waals surface area contributed by atoms with Crippen LogP contribution >= 0.6 is 0 Å². The van der Waals surface area contributed by atoms with Crippen LogP contribution in [0.5, 0.6) is 0 Å². The normalized spacial score (nSPS) is 10.4. The minimum Gasteiger partial charge on any atom is -0.370 e. The summed E-state index contributed by atoms with van der Waals surface area (Å²) in [4.78, 5) is 13.4. The molecule has 94 valence electrons. The van der Waals surface area contributed by atoms with Gasteiger partial charge in [-0.1, -0.05) is 13.0 Å². The van der Waals surface area contributed by atoms with Crippen LogP contribution in [0.4, 0.5) is 5.82 Å². The number of hydrogen-bond donors (Lipinski definition) is 1. The maximum atomic E-state index is 4.55. The minimum absolute atomic E-state index is 0.698. The average molecular weight is 242 g/mol. The van der Waals surface area contributed by atoms with E-state index in [1.54, 1.807) is 6.20 Å². The Hall–Kier alpha value is -1.97. The monoisotopic (exact) mass is 242 g/mol. The van der Waals surface area contributed by atoms with Gasteiger partial charge in [-0.05, 0) is 31.9 Å². The van der Waals surface area contributed by atoms with Crippen LogP contribution in [0.25, 0.3) is 11.5 Å². The highest BCUT2D eigenvalue weighted by Gasteiger charge is 2.09. The summed E-state index contributed by atoms with van der Waals surface area (Å²) in [6.45, 7) is 7.02. The Morgan fingerprint density at radius 1 is 1.22 bits per heavy atom. The van der Waals surface area contributed by atoms with Crippen LogP contribution in [0, 0.1) is 6.92 Å². The van der Waals surface area contributed by atoms with Gasteiger partial charge in [-0.25, -0.2) is 9.97 Å². The first-order chi connectivity index (χ1) is 8.74. The molecule has 1 N–H and O–H groups in total. The van der Waals surface area contributed by atoms with Crippen molar-refractivity contribution >= 4 is 5.82 Å². The molecule has 2 rings (SSSR count). The Kier molecular flexibility index (Phi) is 3.87. The third-order valence-corrected chi connectivity index (χ3v) is 2.72. The third-order valence-electron chi connectivity index (χ3n) is 2.72. The first-order valence-corrected chi connectivity index (χ1v) is 6.28. The second-order valence-electron chi connectivity index (χ2n) is 4.12. The average Bonchev–Trinajstić information content (AvgIpc) is 2.39. The lowest BCUT2D eigenvalue weighted by Gasteiger charge is -2.08. The summed E-state index contributed by atoms with van der Waals surface area (Å²) >= 11 is 0. The maximum absolute atomic E-state index is 4.55. The molecule has 4 heteroatoms. The highest BCUT2D eigenvalue weighted by molar-refractivity contribution is 5.56. The first kappa shape index (κ1) is 12.5. The lowest BCUT2D eigenvalue weighted by molar-refractivity contribution is 0.989. The third kappa shape index (κ3) is 2.64. The molecule has 0 aliphatic heterocycles. The van der Waals surface area contributed by atoms with Crippen LogP contribution in [0.15, 0.2) is 24.4 Å². The van der Waals surface area contributed by atoms with Gasteiger partial charge in [0.05, 0.1) is 0 Å². The van der Waals surface area contributed by atoms with Gasteiger partial charge < -0.3 is 5.32 Å². The quantitative estimate of drug-likeness (QED) is 0.895. The van der Waals surface area contributed by atoms with E-state index in [-0.39, 0.29) is 0 Å².